The molecule has 0 aliphatic carbocycles. The molecule has 3 rings (SSSR count). The van der Waals surface area contributed by atoms with Gasteiger partial charge in [0.05, 0.1) is 30.8 Å². The molecule has 0 bridgehead atoms. The number of epoxide rings is 1. The molecule has 14 nitrogen and oxygen atoms in total. The minimum atomic E-state index is -4.89. The number of ketones is 1. The number of aldehydes is 1. The monoisotopic (exact) mass is 701 g/mol. The van der Waals surface area contributed by atoms with E-state index in [2.05, 4.69) is 0 Å². The number of ether oxygens (including phenoxy) is 4. The third-order valence-corrected chi connectivity index (χ3v) is 9.29. The van der Waals surface area contributed by atoms with Gasteiger partial charge >= 0.3 is 35.5 Å². The first-order chi connectivity index (χ1) is 21.2. The third kappa shape index (κ3) is 13.6. The van der Waals surface area contributed by atoms with Crippen LogP contribution in [0.2, 0.25) is 0 Å². The first kappa shape index (κ1) is 44.4. The zero-order valence-electron chi connectivity index (χ0n) is 29.1. The zero-order chi connectivity index (χ0) is 35.1. The number of aliphatic hydroxyl groups excluding tert-OH is 2. The van der Waals surface area contributed by atoms with E-state index in [1.807, 2.05) is 53.6 Å². The molecule has 3 aliphatic rings. The summed E-state index contributed by atoms with van der Waals surface area (Å²) in [5.41, 5.74) is -0.637. The molecule has 0 aromatic carbocycles. The van der Waals surface area contributed by atoms with Crippen LogP contribution in [-0.4, -0.2) is 112 Å². The van der Waals surface area contributed by atoms with Gasteiger partial charge in [0.25, 0.3) is 7.82 Å². The number of carbonyl (C=O) groups excluding carboxylic acids is 3. The third-order valence-electron chi connectivity index (χ3n) is 9.29. The number of rotatable bonds is 6. The van der Waals surface area contributed by atoms with E-state index in [0.717, 1.165) is 6.29 Å². The van der Waals surface area contributed by atoms with Gasteiger partial charge in [-0.2, -0.15) is 0 Å². The Morgan fingerprint density at radius 2 is 1.72 bits per heavy atom. The van der Waals surface area contributed by atoms with Crippen LogP contribution in [0.5, 0.6) is 0 Å². The molecule has 3 heterocycles. The Morgan fingerprint density at radius 3 is 2.26 bits per heavy atom. The molecular weight excluding hydrogens is 648 g/mol. The Balaban J connectivity index is 0.00000171. The Hall–Kier alpha value is -0.580. The summed E-state index contributed by atoms with van der Waals surface area (Å²) in [5, 5.41) is 22.4. The maximum atomic E-state index is 13.2. The van der Waals surface area contributed by atoms with E-state index in [1.54, 1.807) is 19.1 Å². The number of fused-ring (bicyclic) bond motifs is 1. The Morgan fingerprint density at radius 1 is 1.13 bits per heavy atom. The number of nitrogens with zero attached hydrogens (tertiary/aromatic N) is 1. The quantitative estimate of drug-likeness (QED) is 0.0784. The topological polar surface area (TPSA) is 216 Å². The minimum absolute atomic E-state index is 0. The van der Waals surface area contributed by atoms with Crippen LogP contribution in [-0.2, 0) is 37.9 Å². The molecule has 0 spiro atoms. The SMILES string of the molecule is CCC1OC(=O)C[C@@H](O)[C@H](C)[C@@H](O[C@@H]2O[C@H](C)C[C@H](N(C)C)[C@H]2O)[C@@H](CC=O)C[C@@H](C)C(=O)/C=C/[C@]2(C)OC2C1C.O=P([O-])(O)O.[Na+]. The van der Waals surface area contributed by atoms with E-state index in [1.165, 1.54) is 0 Å². The minimum Gasteiger partial charge on any atom is -0.756 e. The predicted octanol–water partition coefficient (Wildman–Crippen LogP) is -1.89. The molecule has 0 radical (unpaired) electrons. The standard InChI is InChI=1S/C31H51NO9.Na.H3O4P/c1-9-25-20(5)29-31(6,41-29)12-10-23(34)17(2)14-21(11-13-33)28(19(4)24(35)16-26(36)39-25)40-30-27(37)22(32(7)8)15-18(3)38-30;;1-5(2,3)4/h10,12-13,17-22,24-25,27-30,35,37H,9,11,14-16H2,1-8H3;;(H3,1,2,3,4)/q;+1;/p-1/b12-10+;;/t17-,18-,19+,20?,21+,22+,24-,25?,27-,28-,29?,30+,31+;;/m1../s1. The molecule has 0 amide bonds. The van der Waals surface area contributed by atoms with Crippen molar-refractivity contribution >= 4 is 25.9 Å². The molecule has 2 fully saturated rings. The van der Waals surface area contributed by atoms with Crippen molar-refractivity contribution < 1.29 is 92.3 Å². The van der Waals surface area contributed by atoms with Crippen molar-refractivity contribution in [2.75, 3.05) is 14.1 Å². The number of cyclic esters (lactones) is 1. The van der Waals surface area contributed by atoms with Crippen molar-refractivity contribution in [1.82, 2.24) is 4.90 Å². The molecule has 266 valence electrons. The molecule has 0 aromatic rings. The average molecular weight is 702 g/mol. The van der Waals surface area contributed by atoms with Gasteiger partial charge in [-0.05, 0) is 65.3 Å². The summed E-state index contributed by atoms with van der Waals surface area (Å²) in [4.78, 5) is 62.9. The van der Waals surface area contributed by atoms with Gasteiger partial charge in [0.15, 0.2) is 12.1 Å². The summed E-state index contributed by atoms with van der Waals surface area (Å²) in [7, 11) is -1.13. The number of likely N-dealkylation sites (N-methyl/N-ethyl adjacent to an activating group) is 1. The summed E-state index contributed by atoms with van der Waals surface area (Å²) in [6.45, 7) is 11.3. The van der Waals surface area contributed by atoms with Crippen LogP contribution in [0.25, 0.3) is 0 Å². The smallest absolute Gasteiger partial charge is 0.756 e. The van der Waals surface area contributed by atoms with Gasteiger partial charge in [0.2, 0.25) is 0 Å². The molecule has 4 N–H and O–H groups in total. The Bertz CT molecular complexity index is 1100. The summed E-state index contributed by atoms with van der Waals surface area (Å²) in [5.74, 6) is -2.32. The van der Waals surface area contributed by atoms with Crippen molar-refractivity contribution in [1.29, 1.82) is 0 Å². The Labute approximate surface area is 300 Å². The number of carbonyl (C=O) groups is 3. The second kappa shape index (κ2) is 19.1. The van der Waals surface area contributed by atoms with Gasteiger partial charge in [-0.15, -0.1) is 0 Å². The Kier molecular flexibility index (Phi) is 18.1. The maximum Gasteiger partial charge on any atom is 1.00 e. The van der Waals surface area contributed by atoms with E-state index < -0.39 is 67.9 Å². The van der Waals surface area contributed by atoms with Crippen LogP contribution in [0.1, 0.15) is 73.6 Å². The number of aliphatic hydroxyl groups is 2. The molecular formula is C31H53NNaO13P. The van der Waals surface area contributed by atoms with E-state index in [-0.39, 0.29) is 72.3 Å². The van der Waals surface area contributed by atoms with Gasteiger partial charge in [0.1, 0.15) is 24.1 Å². The zero-order valence-corrected chi connectivity index (χ0v) is 31.9. The van der Waals surface area contributed by atoms with Crippen molar-refractivity contribution in [3.63, 3.8) is 0 Å². The van der Waals surface area contributed by atoms with Gasteiger partial charge < -0.3 is 53.5 Å². The van der Waals surface area contributed by atoms with Crippen LogP contribution in [0.15, 0.2) is 12.2 Å². The van der Waals surface area contributed by atoms with E-state index in [4.69, 9.17) is 38.2 Å². The summed E-state index contributed by atoms with van der Waals surface area (Å²) >= 11 is 0. The molecule has 3 aliphatic heterocycles. The first-order valence-electron chi connectivity index (χ1n) is 15.9. The van der Waals surface area contributed by atoms with Crippen molar-refractivity contribution in [2.45, 2.75) is 128 Å². The molecule has 0 aromatic heterocycles. The average Bonchev–Trinajstić information content (AvgIpc) is 3.63. The summed E-state index contributed by atoms with van der Waals surface area (Å²) < 4.78 is 33.0. The number of phosphoric acid groups is 1. The maximum absolute atomic E-state index is 13.2. The second-order valence-corrected chi connectivity index (χ2v) is 14.3. The molecule has 2 saturated heterocycles. The van der Waals surface area contributed by atoms with Crippen molar-refractivity contribution in [3.8, 4) is 0 Å². The van der Waals surface area contributed by atoms with Crippen LogP contribution >= 0.6 is 7.82 Å². The van der Waals surface area contributed by atoms with Crippen molar-refractivity contribution in [3.05, 3.63) is 12.2 Å². The first-order valence-corrected chi connectivity index (χ1v) is 17.4. The molecule has 0 saturated carbocycles. The number of allylic oxidation sites excluding steroid dienone is 1. The van der Waals surface area contributed by atoms with E-state index in [0.29, 0.717) is 19.3 Å². The van der Waals surface area contributed by atoms with Crippen LogP contribution in [0.3, 0.4) is 0 Å². The van der Waals surface area contributed by atoms with Gasteiger partial charge in [-0.3, -0.25) is 14.2 Å². The largest absolute Gasteiger partial charge is 1.00 e. The molecule has 3 unspecified atom stereocenters. The number of esters is 1. The summed E-state index contributed by atoms with van der Waals surface area (Å²) in [6.07, 6.45) is 0.627. The van der Waals surface area contributed by atoms with Gasteiger partial charge in [-0.1, -0.05) is 27.7 Å². The number of hydrogen-bond acceptors (Lipinski definition) is 12. The molecule has 16 heteroatoms. The fourth-order valence-corrected chi connectivity index (χ4v) is 6.50. The van der Waals surface area contributed by atoms with Gasteiger partial charge in [-0.25, -0.2) is 0 Å². The molecule has 13 atom stereocenters. The van der Waals surface area contributed by atoms with Crippen molar-refractivity contribution in [2.24, 2.45) is 23.7 Å². The van der Waals surface area contributed by atoms with E-state index in [9.17, 15) is 24.6 Å². The predicted molar refractivity (Wildman–Crippen MR) is 164 cm³/mol. The van der Waals surface area contributed by atoms with Gasteiger partial charge in [0, 0.05) is 30.2 Å². The van der Waals surface area contributed by atoms with Crippen LogP contribution in [0, 0.1) is 23.7 Å². The fraction of sp³-hybridized carbons (Fsp3) is 0.839. The van der Waals surface area contributed by atoms with E-state index >= 15 is 0 Å². The number of hydrogen-bond donors (Lipinski definition) is 4. The normalized spacial score (nSPS) is 41.0. The molecule has 47 heavy (non-hydrogen) atoms. The van der Waals surface area contributed by atoms with Crippen LogP contribution < -0.4 is 34.5 Å². The fourth-order valence-electron chi connectivity index (χ4n) is 6.50. The second-order valence-electron chi connectivity index (χ2n) is 13.3. The summed E-state index contributed by atoms with van der Waals surface area (Å²) in [6, 6.07) is -0.219. The van der Waals surface area contributed by atoms with Crippen LogP contribution in [0.4, 0.5) is 0 Å².